The number of hydrogen-bond acceptors (Lipinski definition) is 5. The number of hydrogen-bond donors (Lipinski definition) is 3. The molecule has 31 heavy (non-hydrogen) atoms. The molecule has 0 aromatic rings. The number of ketones is 1. The Labute approximate surface area is 187 Å². The summed E-state index contributed by atoms with van der Waals surface area (Å²) in [5, 5.41) is 8.41. The van der Waals surface area contributed by atoms with Crippen LogP contribution in [-0.4, -0.2) is 55.8 Å². The molecule has 180 valence electrons. The zero-order valence-corrected chi connectivity index (χ0v) is 20.1. The van der Waals surface area contributed by atoms with Gasteiger partial charge in [-0.3, -0.25) is 19.2 Å². The molecular formula is C23H43N3O5. The number of ether oxygens (including phenoxy) is 1. The minimum atomic E-state index is -0.146. The van der Waals surface area contributed by atoms with E-state index in [0.29, 0.717) is 38.5 Å². The number of nitrogens with one attached hydrogen (secondary N) is 3. The highest BCUT2D eigenvalue weighted by molar-refractivity contribution is 5.81. The Kier molecular flexibility index (Phi) is 16.6. The van der Waals surface area contributed by atoms with Crippen LogP contribution in [0.4, 0.5) is 0 Å². The van der Waals surface area contributed by atoms with Crippen molar-refractivity contribution in [2.24, 2.45) is 11.8 Å². The van der Waals surface area contributed by atoms with Crippen molar-refractivity contribution in [3.05, 3.63) is 0 Å². The summed E-state index contributed by atoms with van der Waals surface area (Å²) in [7, 11) is 0. The van der Waals surface area contributed by atoms with Crippen molar-refractivity contribution in [2.75, 3.05) is 26.3 Å². The Hall–Kier alpha value is -1.96. The predicted molar refractivity (Wildman–Crippen MR) is 121 cm³/mol. The first-order valence-electron chi connectivity index (χ1n) is 11.8. The third kappa shape index (κ3) is 13.9. The van der Waals surface area contributed by atoms with Crippen molar-refractivity contribution in [3.8, 4) is 0 Å². The molecule has 8 heteroatoms. The van der Waals surface area contributed by atoms with Crippen LogP contribution in [0.15, 0.2) is 0 Å². The van der Waals surface area contributed by atoms with Crippen LogP contribution >= 0.6 is 0 Å². The van der Waals surface area contributed by atoms with Crippen LogP contribution in [0, 0.1) is 11.8 Å². The number of Topliss-reactive ketones (excluding diaryl/α,β-unsaturated/α-hetero) is 1. The summed E-state index contributed by atoms with van der Waals surface area (Å²) in [6, 6.07) is 0.152. The topological polar surface area (TPSA) is 114 Å². The van der Waals surface area contributed by atoms with Gasteiger partial charge in [0.25, 0.3) is 0 Å². The molecule has 0 unspecified atom stereocenters. The monoisotopic (exact) mass is 441 g/mol. The fourth-order valence-electron chi connectivity index (χ4n) is 3.27. The first kappa shape index (κ1) is 29.0. The van der Waals surface area contributed by atoms with Gasteiger partial charge in [-0.1, -0.05) is 34.6 Å². The second kappa shape index (κ2) is 17.7. The molecule has 1 saturated carbocycles. The second-order valence-electron chi connectivity index (χ2n) is 7.84. The zero-order valence-electron chi connectivity index (χ0n) is 20.1. The quantitative estimate of drug-likeness (QED) is 0.380. The Morgan fingerprint density at radius 2 is 1.52 bits per heavy atom. The molecule has 3 amide bonds. The molecule has 1 aliphatic rings. The maximum absolute atomic E-state index is 12.0. The van der Waals surface area contributed by atoms with E-state index in [1.807, 2.05) is 20.8 Å². The Morgan fingerprint density at radius 1 is 0.871 bits per heavy atom. The highest BCUT2D eigenvalue weighted by Crippen LogP contribution is 2.25. The summed E-state index contributed by atoms with van der Waals surface area (Å²) in [5.41, 5.74) is 0. The highest BCUT2D eigenvalue weighted by Gasteiger charge is 2.25. The van der Waals surface area contributed by atoms with Crippen LogP contribution in [0.25, 0.3) is 0 Å². The van der Waals surface area contributed by atoms with Crippen molar-refractivity contribution in [1.82, 2.24) is 16.0 Å². The lowest BCUT2D eigenvalue weighted by Crippen LogP contribution is -2.39. The van der Waals surface area contributed by atoms with Crippen molar-refractivity contribution in [3.63, 3.8) is 0 Å². The van der Waals surface area contributed by atoms with E-state index in [2.05, 4.69) is 16.0 Å². The molecule has 0 aromatic heterocycles. The lowest BCUT2D eigenvalue weighted by molar-refractivity contribution is -0.126. The highest BCUT2D eigenvalue weighted by atomic mass is 16.5. The molecule has 1 aliphatic carbocycles. The zero-order chi connectivity index (χ0) is 23.6. The van der Waals surface area contributed by atoms with Gasteiger partial charge in [0.1, 0.15) is 5.78 Å². The van der Waals surface area contributed by atoms with Crippen LogP contribution in [-0.2, 0) is 23.9 Å². The van der Waals surface area contributed by atoms with E-state index in [0.717, 1.165) is 25.7 Å². The van der Waals surface area contributed by atoms with Gasteiger partial charge in [0, 0.05) is 50.2 Å². The van der Waals surface area contributed by atoms with E-state index in [9.17, 15) is 19.2 Å². The van der Waals surface area contributed by atoms with Crippen LogP contribution in [0.5, 0.6) is 0 Å². The molecule has 0 saturated heterocycles. The van der Waals surface area contributed by atoms with E-state index < -0.39 is 0 Å². The predicted octanol–water partition coefficient (Wildman–Crippen LogP) is 2.35. The van der Waals surface area contributed by atoms with Crippen molar-refractivity contribution >= 4 is 23.5 Å². The van der Waals surface area contributed by atoms with Gasteiger partial charge in [0.15, 0.2) is 0 Å². The van der Waals surface area contributed by atoms with Crippen LogP contribution in [0.2, 0.25) is 0 Å². The first-order chi connectivity index (χ1) is 14.8. The van der Waals surface area contributed by atoms with E-state index in [-0.39, 0.29) is 48.4 Å². The van der Waals surface area contributed by atoms with E-state index >= 15 is 0 Å². The van der Waals surface area contributed by atoms with E-state index in [4.69, 9.17) is 4.74 Å². The summed E-state index contributed by atoms with van der Waals surface area (Å²) >= 11 is 0. The molecule has 0 heterocycles. The Bertz CT molecular complexity index is 543. The molecule has 8 nitrogen and oxygen atoms in total. The normalized spacial score (nSPS) is 17.9. The lowest BCUT2D eigenvalue weighted by Gasteiger charge is -2.28. The fraction of sp³-hybridized carbons (Fsp3) is 0.826. The van der Waals surface area contributed by atoms with Crippen molar-refractivity contribution in [1.29, 1.82) is 0 Å². The minimum Gasteiger partial charge on any atom is -0.379 e. The van der Waals surface area contributed by atoms with Gasteiger partial charge in [-0.15, -0.1) is 0 Å². The van der Waals surface area contributed by atoms with Gasteiger partial charge in [0.2, 0.25) is 17.7 Å². The molecular weight excluding hydrogens is 398 g/mol. The summed E-state index contributed by atoms with van der Waals surface area (Å²) in [4.78, 5) is 46.7. The molecule has 0 spiro atoms. The van der Waals surface area contributed by atoms with E-state index in [1.165, 1.54) is 0 Å². The van der Waals surface area contributed by atoms with Gasteiger partial charge >= 0.3 is 0 Å². The Morgan fingerprint density at radius 3 is 2.10 bits per heavy atom. The van der Waals surface area contributed by atoms with Gasteiger partial charge in [0.05, 0.1) is 13.2 Å². The van der Waals surface area contributed by atoms with Crippen LogP contribution in [0.3, 0.4) is 0 Å². The lowest BCUT2D eigenvalue weighted by atomic mass is 9.83. The fourth-order valence-corrected chi connectivity index (χ4v) is 3.27. The van der Waals surface area contributed by atoms with Crippen LogP contribution < -0.4 is 16.0 Å². The molecule has 3 N–H and O–H groups in total. The Balaban J connectivity index is 0.00000436. The summed E-state index contributed by atoms with van der Waals surface area (Å²) < 4.78 is 5.39. The maximum Gasteiger partial charge on any atom is 0.222 e. The summed E-state index contributed by atoms with van der Waals surface area (Å²) in [6.07, 6.45) is 4.52. The summed E-state index contributed by atoms with van der Waals surface area (Å²) in [5.74, 6) is 0.146. The average molecular weight is 442 g/mol. The SMILES string of the molecule is CC.CCC(=O)C1CCC(NC(=O)CCOCCNC(=O)CCNC(=O)C(C)C)CC1. The molecule has 0 atom stereocenters. The minimum absolute atomic E-state index is 0.0415. The second-order valence-corrected chi connectivity index (χ2v) is 7.84. The van der Waals surface area contributed by atoms with Gasteiger partial charge < -0.3 is 20.7 Å². The third-order valence-electron chi connectivity index (χ3n) is 5.11. The first-order valence-corrected chi connectivity index (χ1v) is 11.8. The van der Waals surface area contributed by atoms with Crippen LogP contribution in [0.1, 0.15) is 79.6 Å². The standard InChI is InChI=1S/C21H37N3O5.C2H6/c1-4-18(25)16-5-7-17(8-6-16)24-20(27)10-13-29-14-12-22-19(26)9-11-23-21(28)15(2)3;1-2/h15-17H,4-14H2,1-3H3,(H,22,26)(H,23,28)(H,24,27);1-2H3. The average Bonchev–Trinajstić information content (AvgIpc) is 2.77. The molecule has 0 radical (unpaired) electrons. The molecule has 0 bridgehead atoms. The number of amides is 3. The van der Waals surface area contributed by atoms with Gasteiger partial charge in [-0.25, -0.2) is 0 Å². The number of carbonyl (C=O) groups is 4. The molecule has 0 aromatic carbocycles. The van der Waals surface area contributed by atoms with Gasteiger partial charge in [-0.2, -0.15) is 0 Å². The number of rotatable bonds is 13. The maximum atomic E-state index is 12.0. The van der Waals surface area contributed by atoms with Gasteiger partial charge in [-0.05, 0) is 25.7 Å². The third-order valence-corrected chi connectivity index (χ3v) is 5.11. The largest absolute Gasteiger partial charge is 0.379 e. The number of carbonyl (C=O) groups excluding carboxylic acids is 4. The molecule has 1 fully saturated rings. The molecule has 1 rings (SSSR count). The summed E-state index contributed by atoms with van der Waals surface area (Å²) in [6.45, 7) is 10.8. The van der Waals surface area contributed by atoms with Crippen molar-refractivity contribution < 1.29 is 23.9 Å². The smallest absolute Gasteiger partial charge is 0.222 e. The van der Waals surface area contributed by atoms with Crippen molar-refractivity contribution in [2.45, 2.75) is 85.6 Å². The molecule has 0 aliphatic heterocycles. The van der Waals surface area contributed by atoms with E-state index in [1.54, 1.807) is 13.8 Å².